The molecule has 0 bridgehead atoms. The predicted octanol–water partition coefficient (Wildman–Crippen LogP) is 10.1. The number of halogens is 1. The molecule has 1 aromatic heterocycles. The molecule has 0 saturated heterocycles. The van der Waals surface area contributed by atoms with Crippen molar-refractivity contribution in [2.24, 2.45) is 0 Å². The van der Waals surface area contributed by atoms with Crippen LogP contribution in [-0.2, 0) is 12.8 Å². The van der Waals surface area contributed by atoms with E-state index in [1.165, 1.54) is 76.7 Å². The Kier molecular flexibility index (Phi) is 14.4. The minimum atomic E-state index is -0.587. The second-order valence-electron chi connectivity index (χ2n) is 10.9. The SMILES string of the molecule is CCCCCCCCCCc1cnc(-c2ccc(C(=O)Oc3ccc(CCCCCCCC)cc3F)cc2)nc1. The van der Waals surface area contributed by atoms with Crippen LogP contribution in [0.15, 0.2) is 54.9 Å². The van der Waals surface area contributed by atoms with Gasteiger partial charge >= 0.3 is 5.97 Å². The Balaban J connectivity index is 1.43. The summed E-state index contributed by atoms with van der Waals surface area (Å²) in [6.45, 7) is 4.46. The second-order valence-corrected chi connectivity index (χ2v) is 10.9. The number of aromatic nitrogens is 2. The average molecular weight is 547 g/mol. The molecule has 0 unspecified atom stereocenters. The zero-order valence-electron chi connectivity index (χ0n) is 24.6. The Morgan fingerprint density at radius 1 is 0.675 bits per heavy atom. The quantitative estimate of drug-likeness (QED) is 0.0852. The first-order chi connectivity index (χ1) is 19.6. The van der Waals surface area contributed by atoms with Gasteiger partial charge in [-0.25, -0.2) is 19.2 Å². The number of benzene rings is 2. The number of ether oxygens (including phenoxy) is 1. The number of esters is 1. The van der Waals surface area contributed by atoms with Crippen LogP contribution in [0.3, 0.4) is 0 Å². The zero-order chi connectivity index (χ0) is 28.4. The molecule has 1 heterocycles. The Bertz CT molecular complexity index is 1130. The summed E-state index contributed by atoms with van der Waals surface area (Å²) in [5, 5.41) is 0. The summed E-state index contributed by atoms with van der Waals surface area (Å²) in [5.41, 5.74) is 3.25. The zero-order valence-corrected chi connectivity index (χ0v) is 24.6. The molecular formula is C35H47FN2O2. The third-order valence-corrected chi connectivity index (χ3v) is 7.42. The third kappa shape index (κ3) is 11.2. The van der Waals surface area contributed by atoms with Crippen LogP contribution in [0.5, 0.6) is 5.75 Å². The summed E-state index contributed by atoms with van der Waals surface area (Å²) in [5.74, 6) is -0.521. The predicted molar refractivity (Wildman–Crippen MR) is 162 cm³/mol. The van der Waals surface area contributed by atoms with Crippen LogP contribution in [0.2, 0.25) is 0 Å². The van der Waals surface area contributed by atoms with E-state index in [1.54, 1.807) is 30.3 Å². The van der Waals surface area contributed by atoms with E-state index in [1.807, 2.05) is 18.5 Å². The minimum absolute atomic E-state index is 0.0452. The van der Waals surface area contributed by atoms with Gasteiger partial charge in [0.25, 0.3) is 0 Å². The van der Waals surface area contributed by atoms with Crippen molar-refractivity contribution >= 4 is 5.97 Å². The topological polar surface area (TPSA) is 52.1 Å². The molecule has 0 amide bonds. The Morgan fingerprint density at radius 3 is 1.75 bits per heavy atom. The molecule has 0 radical (unpaired) electrons. The van der Waals surface area contributed by atoms with E-state index < -0.39 is 11.8 Å². The number of rotatable bonds is 19. The van der Waals surface area contributed by atoms with Gasteiger partial charge in [0.05, 0.1) is 5.56 Å². The van der Waals surface area contributed by atoms with Crippen LogP contribution >= 0.6 is 0 Å². The summed E-state index contributed by atoms with van der Waals surface area (Å²) >= 11 is 0. The van der Waals surface area contributed by atoms with Crippen LogP contribution in [0.4, 0.5) is 4.39 Å². The lowest BCUT2D eigenvalue weighted by atomic mass is 10.0. The molecule has 5 heteroatoms. The highest BCUT2D eigenvalue weighted by atomic mass is 19.1. The minimum Gasteiger partial charge on any atom is -0.420 e. The molecule has 0 saturated carbocycles. The van der Waals surface area contributed by atoms with Crippen molar-refractivity contribution in [1.29, 1.82) is 0 Å². The molecule has 3 aromatic rings. The molecule has 3 rings (SSSR count). The van der Waals surface area contributed by atoms with Crippen molar-refractivity contribution in [3.63, 3.8) is 0 Å². The van der Waals surface area contributed by atoms with E-state index in [4.69, 9.17) is 4.74 Å². The first-order valence-electron chi connectivity index (χ1n) is 15.5. The standard InChI is InChI=1S/C35H47FN2O2/c1-3-5-7-9-11-12-14-16-18-29-26-37-34(38-27-29)30-20-22-31(23-21-30)35(39)40-33-24-19-28(25-32(33)36)17-15-13-10-8-6-4-2/h19-27H,3-18H2,1-2H3. The Hall–Kier alpha value is -3.08. The summed E-state index contributed by atoms with van der Waals surface area (Å²) < 4.78 is 20.0. The molecule has 0 N–H and O–H groups in total. The molecule has 0 atom stereocenters. The summed E-state index contributed by atoms with van der Waals surface area (Å²) in [4.78, 5) is 21.7. The number of hydrogen-bond donors (Lipinski definition) is 0. The van der Waals surface area contributed by atoms with Gasteiger partial charge in [0.1, 0.15) is 0 Å². The first-order valence-corrected chi connectivity index (χ1v) is 15.5. The fraction of sp³-hybridized carbons (Fsp3) is 0.514. The van der Waals surface area contributed by atoms with Crippen molar-refractivity contribution in [2.45, 2.75) is 117 Å². The molecule has 40 heavy (non-hydrogen) atoms. The third-order valence-electron chi connectivity index (χ3n) is 7.42. The fourth-order valence-corrected chi connectivity index (χ4v) is 4.90. The van der Waals surface area contributed by atoms with Crippen molar-refractivity contribution in [3.05, 3.63) is 77.4 Å². The van der Waals surface area contributed by atoms with Crippen LogP contribution in [0.25, 0.3) is 11.4 Å². The first kappa shape index (κ1) is 31.4. The summed E-state index contributed by atoms with van der Waals surface area (Å²) in [7, 11) is 0. The maximum absolute atomic E-state index is 14.6. The van der Waals surface area contributed by atoms with E-state index in [0.29, 0.717) is 11.4 Å². The normalized spacial score (nSPS) is 11.1. The van der Waals surface area contributed by atoms with Crippen molar-refractivity contribution < 1.29 is 13.9 Å². The van der Waals surface area contributed by atoms with E-state index in [9.17, 15) is 9.18 Å². The lowest BCUT2D eigenvalue weighted by molar-refractivity contribution is 0.0728. The van der Waals surface area contributed by atoms with E-state index in [0.717, 1.165) is 48.8 Å². The van der Waals surface area contributed by atoms with Gasteiger partial charge in [-0.05, 0) is 61.1 Å². The van der Waals surface area contributed by atoms with Crippen molar-refractivity contribution in [3.8, 4) is 17.1 Å². The van der Waals surface area contributed by atoms with Gasteiger partial charge in [-0.1, -0.05) is 109 Å². The van der Waals surface area contributed by atoms with Crippen LogP contribution in [-0.4, -0.2) is 15.9 Å². The Morgan fingerprint density at radius 2 is 1.20 bits per heavy atom. The van der Waals surface area contributed by atoms with E-state index in [2.05, 4.69) is 23.8 Å². The molecule has 4 nitrogen and oxygen atoms in total. The summed E-state index contributed by atoms with van der Waals surface area (Å²) in [6.07, 6.45) is 23.2. The number of aryl methyl sites for hydroxylation is 2. The highest BCUT2D eigenvalue weighted by Gasteiger charge is 2.13. The van der Waals surface area contributed by atoms with Gasteiger partial charge in [-0.3, -0.25) is 0 Å². The monoisotopic (exact) mass is 546 g/mol. The maximum atomic E-state index is 14.6. The van der Waals surface area contributed by atoms with E-state index in [-0.39, 0.29) is 5.75 Å². The number of unbranched alkanes of at least 4 members (excludes halogenated alkanes) is 12. The average Bonchev–Trinajstić information content (AvgIpc) is 2.98. The molecule has 0 fully saturated rings. The lowest BCUT2D eigenvalue weighted by Gasteiger charge is -2.08. The largest absolute Gasteiger partial charge is 0.420 e. The lowest BCUT2D eigenvalue weighted by Crippen LogP contribution is -2.09. The molecule has 0 aliphatic rings. The molecular weight excluding hydrogens is 499 g/mol. The fourth-order valence-electron chi connectivity index (χ4n) is 4.90. The smallest absolute Gasteiger partial charge is 0.343 e. The molecule has 0 aliphatic heterocycles. The highest BCUT2D eigenvalue weighted by molar-refractivity contribution is 5.91. The summed E-state index contributed by atoms with van der Waals surface area (Å²) in [6, 6.07) is 11.8. The maximum Gasteiger partial charge on any atom is 0.343 e. The molecule has 216 valence electrons. The van der Waals surface area contributed by atoms with Gasteiger partial charge in [-0.15, -0.1) is 0 Å². The highest BCUT2D eigenvalue weighted by Crippen LogP contribution is 2.22. The van der Waals surface area contributed by atoms with Crippen molar-refractivity contribution in [1.82, 2.24) is 9.97 Å². The van der Waals surface area contributed by atoms with Crippen LogP contribution < -0.4 is 4.74 Å². The van der Waals surface area contributed by atoms with Crippen molar-refractivity contribution in [2.75, 3.05) is 0 Å². The molecule has 2 aromatic carbocycles. The second kappa shape index (κ2) is 18.3. The van der Waals surface area contributed by atoms with Gasteiger partial charge in [0, 0.05) is 18.0 Å². The number of carbonyl (C=O) groups excluding carboxylic acids is 1. The van der Waals surface area contributed by atoms with Gasteiger partial charge in [0.2, 0.25) is 0 Å². The van der Waals surface area contributed by atoms with Crippen LogP contribution in [0.1, 0.15) is 125 Å². The number of carbonyl (C=O) groups is 1. The Labute approximate surface area is 240 Å². The number of hydrogen-bond acceptors (Lipinski definition) is 4. The molecule has 0 aliphatic carbocycles. The molecule has 0 spiro atoms. The van der Waals surface area contributed by atoms with E-state index >= 15 is 0 Å². The van der Waals surface area contributed by atoms with Gasteiger partial charge < -0.3 is 4.74 Å². The number of nitrogens with zero attached hydrogens (tertiary/aromatic N) is 2. The van der Waals surface area contributed by atoms with Gasteiger partial charge in [-0.2, -0.15) is 0 Å². The van der Waals surface area contributed by atoms with Crippen LogP contribution in [0, 0.1) is 5.82 Å². The van der Waals surface area contributed by atoms with Gasteiger partial charge in [0.15, 0.2) is 17.4 Å².